The molecule has 0 saturated heterocycles. The minimum atomic E-state index is -4.65. The minimum absolute atomic E-state index is 0.201. The molecule has 0 amide bonds. The Morgan fingerprint density at radius 3 is 2.57 bits per heavy atom. The van der Waals surface area contributed by atoms with Crippen molar-refractivity contribution in [1.82, 2.24) is 4.98 Å². The first kappa shape index (κ1) is 17.1. The predicted molar refractivity (Wildman–Crippen MR) is 81.5 cm³/mol. The summed E-state index contributed by atoms with van der Waals surface area (Å²) in [6.07, 6.45) is 3.59. The van der Waals surface area contributed by atoms with Crippen LogP contribution < -0.4 is 9.47 Å². The van der Waals surface area contributed by atoms with Crippen molar-refractivity contribution in [2.45, 2.75) is 0 Å². The van der Waals surface area contributed by atoms with Crippen LogP contribution in [0, 0.1) is 0 Å². The van der Waals surface area contributed by atoms with Gasteiger partial charge in [-0.05, 0) is 24.3 Å². The molecule has 0 aliphatic heterocycles. The number of aromatic amines is 1. The van der Waals surface area contributed by atoms with Crippen molar-refractivity contribution < 1.29 is 21.7 Å². The molecule has 23 heavy (non-hydrogen) atoms. The van der Waals surface area contributed by atoms with Gasteiger partial charge in [0.1, 0.15) is 5.69 Å². The van der Waals surface area contributed by atoms with Gasteiger partial charge in [0.25, 0.3) is 0 Å². The quantitative estimate of drug-likeness (QED) is 0.352. The highest BCUT2D eigenvalue weighted by molar-refractivity contribution is 7.80. The summed E-state index contributed by atoms with van der Waals surface area (Å²) in [5.74, 6) is 0.627. The fourth-order valence-corrected chi connectivity index (χ4v) is 2.06. The van der Waals surface area contributed by atoms with Crippen LogP contribution in [0.15, 0.2) is 46.9 Å². The van der Waals surface area contributed by atoms with Crippen LogP contribution in [0.3, 0.4) is 0 Å². The van der Waals surface area contributed by atoms with Crippen LogP contribution in [0.2, 0.25) is 0 Å². The van der Waals surface area contributed by atoms with E-state index in [0.717, 1.165) is 5.69 Å². The van der Waals surface area contributed by atoms with Crippen LogP contribution in [-0.2, 0) is 21.6 Å². The monoisotopic (exact) mass is 339 g/mol. The molecular weight excluding hydrogens is 322 g/mol. The highest BCUT2D eigenvalue weighted by atomic mass is 32.3. The van der Waals surface area contributed by atoms with Gasteiger partial charge >= 0.3 is 5.95 Å². The van der Waals surface area contributed by atoms with E-state index in [2.05, 4.69) is 19.4 Å². The Kier molecular flexibility index (Phi) is 5.42. The van der Waals surface area contributed by atoms with Crippen molar-refractivity contribution in [2.24, 2.45) is 17.3 Å². The summed E-state index contributed by atoms with van der Waals surface area (Å²) in [7, 11) is -1.04. The van der Waals surface area contributed by atoms with Gasteiger partial charge in [-0.1, -0.05) is 5.11 Å². The van der Waals surface area contributed by atoms with Crippen LogP contribution in [-0.4, -0.2) is 38.2 Å². The molecule has 2 rings (SSSR count). The average Bonchev–Trinajstić information content (AvgIpc) is 2.89. The normalized spacial score (nSPS) is 12.0. The first-order chi connectivity index (χ1) is 10.8. The fraction of sp³-hybridized carbons (Fsp3) is 0.308. The summed E-state index contributed by atoms with van der Waals surface area (Å²) in [4.78, 5) is 4.71. The number of likely N-dealkylation sites (N-methyl/N-ethyl adjacent to an activating group) is 1. The zero-order valence-corrected chi connectivity index (χ0v) is 13.5. The number of benzene rings is 1. The molecule has 0 saturated carbocycles. The molecule has 1 heterocycles. The Balaban J connectivity index is 1.93. The molecule has 0 bridgehead atoms. The van der Waals surface area contributed by atoms with E-state index in [1.54, 1.807) is 34.8 Å². The lowest BCUT2D eigenvalue weighted by Crippen LogP contribution is -2.24. The third kappa shape index (κ3) is 5.43. The number of imidazole rings is 1. The topological polar surface area (TPSA) is 114 Å². The van der Waals surface area contributed by atoms with Gasteiger partial charge in [-0.25, -0.2) is 18.0 Å². The number of nitrogens with zero attached hydrogens (tertiary/aromatic N) is 4. The number of nitrogens with one attached hydrogen (secondary N) is 1. The van der Waals surface area contributed by atoms with E-state index in [0.29, 0.717) is 11.6 Å². The third-order valence-electron chi connectivity index (χ3n) is 3.05. The number of azo groups is 1. The van der Waals surface area contributed by atoms with Crippen molar-refractivity contribution in [3.05, 3.63) is 36.7 Å². The number of aryl methyl sites for hydroxylation is 1. The smallest absolute Gasteiger partial charge is 0.418 e. The molecule has 0 atom stereocenters. The lowest BCUT2D eigenvalue weighted by Gasteiger charge is -2.19. The van der Waals surface area contributed by atoms with E-state index < -0.39 is 10.4 Å². The van der Waals surface area contributed by atoms with Gasteiger partial charge in [-0.15, -0.1) is 0 Å². The Hall–Kier alpha value is -2.30. The first-order valence-electron chi connectivity index (χ1n) is 6.71. The highest BCUT2D eigenvalue weighted by Gasteiger charge is 2.06. The Morgan fingerprint density at radius 2 is 2.00 bits per heavy atom. The van der Waals surface area contributed by atoms with Gasteiger partial charge in [0.05, 0.1) is 26.0 Å². The molecule has 0 radical (unpaired) electrons. The molecule has 0 aliphatic rings. The molecule has 1 aromatic carbocycles. The van der Waals surface area contributed by atoms with Gasteiger partial charge in [-0.3, -0.25) is 4.18 Å². The lowest BCUT2D eigenvalue weighted by molar-refractivity contribution is -0.657. The van der Waals surface area contributed by atoms with Gasteiger partial charge in [0.2, 0.25) is 10.4 Å². The maximum atomic E-state index is 10.4. The van der Waals surface area contributed by atoms with Crippen LogP contribution in [0.1, 0.15) is 0 Å². The Morgan fingerprint density at radius 1 is 1.30 bits per heavy atom. The molecule has 0 fully saturated rings. The van der Waals surface area contributed by atoms with Crippen LogP contribution in [0.25, 0.3) is 0 Å². The largest absolute Gasteiger partial charge is 0.726 e. The average molecular weight is 339 g/mol. The standard InChI is InChI=1S/C13H17N5O4S/c1-17(9-10-22-23(19,20)21)12-5-3-11(4-6-12)15-16-13-14-7-8-18(13)2/h3-8H,9-10H2,1-2H3,(H,19,20,21). The van der Waals surface area contributed by atoms with Crippen molar-refractivity contribution >= 4 is 27.7 Å². The summed E-state index contributed by atoms with van der Waals surface area (Å²) in [5.41, 5.74) is 1.51. The molecule has 9 nitrogen and oxygen atoms in total. The zero-order valence-electron chi connectivity index (χ0n) is 12.7. The molecule has 2 aromatic rings. The zero-order chi connectivity index (χ0) is 16.9. The van der Waals surface area contributed by atoms with E-state index >= 15 is 0 Å². The minimum Gasteiger partial charge on any atom is -0.726 e. The van der Waals surface area contributed by atoms with Crippen LogP contribution in [0.5, 0.6) is 0 Å². The van der Waals surface area contributed by atoms with E-state index in [1.165, 1.54) is 0 Å². The number of hydrogen-bond donors (Lipinski definition) is 1. The van der Waals surface area contributed by atoms with E-state index in [4.69, 9.17) is 0 Å². The number of hydrogen-bond acceptors (Lipinski definition) is 7. The molecule has 0 unspecified atom stereocenters. The molecule has 10 heteroatoms. The molecule has 1 N–H and O–H groups in total. The van der Waals surface area contributed by atoms with E-state index in [9.17, 15) is 13.0 Å². The second kappa shape index (κ2) is 7.31. The summed E-state index contributed by atoms with van der Waals surface area (Å²) < 4.78 is 37.1. The third-order valence-corrected chi connectivity index (χ3v) is 3.51. The molecule has 0 spiro atoms. The van der Waals surface area contributed by atoms with Gasteiger partial charge in [-0.2, -0.15) is 0 Å². The van der Waals surface area contributed by atoms with Crippen molar-refractivity contribution in [1.29, 1.82) is 0 Å². The number of anilines is 1. The summed E-state index contributed by atoms with van der Waals surface area (Å²) >= 11 is 0. The van der Waals surface area contributed by atoms with Crippen molar-refractivity contribution in [3.63, 3.8) is 0 Å². The Labute approximate surface area is 134 Å². The SMILES string of the molecule is CN(CCOS(=O)(=O)[O-])c1ccc(N=Nc2[nH]cc[n+]2C)cc1. The van der Waals surface area contributed by atoms with Gasteiger partial charge < -0.3 is 9.45 Å². The second-order valence-corrected chi connectivity index (χ2v) is 5.81. The van der Waals surface area contributed by atoms with E-state index in [-0.39, 0.29) is 13.2 Å². The summed E-state index contributed by atoms with van der Waals surface area (Å²) in [6, 6.07) is 7.19. The number of H-pyrrole nitrogens is 1. The highest BCUT2D eigenvalue weighted by Crippen LogP contribution is 2.20. The number of rotatable bonds is 7. The van der Waals surface area contributed by atoms with Crippen LogP contribution in [0.4, 0.5) is 17.3 Å². The molecule has 124 valence electrons. The summed E-state index contributed by atoms with van der Waals surface area (Å²) in [6.45, 7) is 0.0633. The second-order valence-electron chi connectivity index (χ2n) is 4.76. The fourth-order valence-electron chi connectivity index (χ4n) is 1.78. The van der Waals surface area contributed by atoms with Gasteiger partial charge in [0, 0.05) is 24.4 Å². The van der Waals surface area contributed by atoms with Gasteiger partial charge in [0.15, 0.2) is 0 Å². The molecule has 0 aliphatic carbocycles. The van der Waals surface area contributed by atoms with E-state index in [1.807, 2.05) is 25.4 Å². The first-order valence-corrected chi connectivity index (χ1v) is 8.05. The molecular formula is C13H17N5O4S. The maximum Gasteiger partial charge on any atom is 0.418 e. The number of aromatic nitrogens is 2. The maximum absolute atomic E-state index is 10.4. The van der Waals surface area contributed by atoms with Crippen LogP contribution >= 0.6 is 0 Å². The van der Waals surface area contributed by atoms with Crippen molar-refractivity contribution in [2.75, 3.05) is 25.1 Å². The Bertz CT molecular complexity index is 770. The summed E-state index contributed by atoms with van der Waals surface area (Å²) in [5, 5.41) is 8.20. The molecule has 1 aromatic heterocycles. The van der Waals surface area contributed by atoms with Crippen molar-refractivity contribution in [3.8, 4) is 0 Å². The predicted octanol–water partition coefficient (Wildman–Crippen LogP) is 1.17. The lowest BCUT2D eigenvalue weighted by atomic mass is 10.2.